The van der Waals surface area contributed by atoms with Crippen molar-refractivity contribution in [3.8, 4) is 0 Å². The van der Waals surface area contributed by atoms with Crippen molar-refractivity contribution in [2.24, 2.45) is 16.0 Å². The summed E-state index contributed by atoms with van der Waals surface area (Å²) in [6.45, 7) is 2.04. The summed E-state index contributed by atoms with van der Waals surface area (Å²) in [5.41, 5.74) is 5.37. The molecule has 0 fully saturated rings. The Balaban J connectivity index is 1.82. The lowest BCUT2D eigenvalue weighted by molar-refractivity contribution is -0.120. The highest BCUT2D eigenvalue weighted by Crippen LogP contribution is 2.26. The third-order valence-electron chi connectivity index (χ3n) is 4.28. The number of fused-ring (bicyclic) bond motifs is 1. The number of nitrogens with zero attached hydrogens (tertiary/aromatic N) is 2. The molecule has 0 saturated carbocycles. The molecule has 8 heteroatoms. The van der Waals surface area contributed by atoms with Crippen LogP contribution in [0.4, 0.5) is 0 Å². The van der Waals surface area contributed by atoms with Crippen LogP contribution in [0.3, 0.4) is 0 Å². The Morgan fingerprint density at radius 1 is 1.33 bits per heavy atom. The van der Waals surface area contributed by atoms with Crippen molar-refractivity contribution in [1.29, 1.82) is 0 Å². The van der Waals surface area contributed by atoms with Crippen LogP contribution in [0.1, 0.15) is 23.0 Å². The molecule has 0 bridgehead atoms. The summed E-state index contributed by atoms with van der Waals surface area (Å²) in [6, 6.07) is 7.50. The highest BCUT2D eigenvalue weighted by Gasteiger charge is 2.30. The maximum Gasteiger partial charge on any atom is 0.340 e. The Kier molecular flexibility index (Phi) is 4.29. The lowest BCUT2D eigenvalue weighted by atomic mass is 9.99. The number of carbonyl (C=O) groups is 2. The van der Waals surface area contributed by atoms with Crippen molar-refractivity contribution in [2.45, 2.75) is 6.92 Å². The number of aromatic nitrogens is 1. The van der Waals surface area contributed by atoms with Crippen molar-refractivity contribution in [2.75, 3.05) is 6.61 Å². The molecule has 3 N–H and O–H groups in total. The van der Waals surface area contributed by atoms with E-state index in [9.17, 15) is 9.59 Å². The summed E-state index contributed by atoms with van der Waals surface area (Å²) in [5, 5.41) is 7.67. The van der Waals surface area contributed by atoms with Gasteiger partial charge in [0.25, 0.3) is 5.91 Å². The zero-order chi connectivity index (χ0) is 18.8. The van der Waals surface area contributed by atoms with E-state index in [0.717, 1.165) is 10.9 Å². The fourth-order valence-electron chi connectivity index (χ4n) is 3.10. The molecule has 0 radical (unpaired) electrons. The number of esters is 1. The van der Waals surface area contributed by atoms with E-state index in [-0.39, 0.29) is 12.5 Å². The van der Waals surface area contributed by atoms with E-state index >= 15 is 0 Å². The molecule has 0 aliphatic carbocycles. The molecule has 1 amide bonds. The summed E-state index contributed by atoms with van der Waals surface area (Å²) in [6.07, 6.45) is 6.50. The van der Waals surface area contributed by atoms with E-state index in [2.05, 4.69) is 25.8 Å². The topological polar surface area (TPSA) is 108 Å². The van der Waals surface area contributed by atoms with Crippen LogP contribution in [-0.4, -0.2) is 35.4 Å². The first kappa shape index (κ1) is 16.8. The zero-order valence-corrected chi connectivity index (χ0v) is 14.5. The molecule has 2 aromatic rings. The Labute approximate surface area is 154 Å². The van der Waals surface area contributed by atoms with E-state index in [1.807, 2.05) is 24.3 Å². The molecular weight excluding hydrogens is 346 g/mol. The summed E-state index contributed by atoms with van der Waals surface area (Å²) >= 11 is 0. The molecule has 1 atom stereocenters. The third-order valence-corrected chi connectivity index (χ3v) is 4.28. The molecule has 1 unspecified atom stereocenters. The monoisotopic (exact) mass is 363 g/mol. The average Bonchev–Trinajstić information content (AvgIpc) is 3.25. The molecule has 3 heterocycles. The summed E-state index contributed by atoms with van der Waals surface area (Å²) in [5.74, 6) is -1.25. The fourth-order valence-corrected chi connectivity index (χ4v) is 3.10. The number of hydrazone groups is 1. The number of aliphatic imine (C=N–C) groups is 1. The number of amides is 1. The lowest BCUT2D eigenvalue weighted by Gasteiger charge is -2.16. The number of benzene rings is 1. The van der Waals surface area contributed by atoms with Gasteiger partial charge in [-0.25, -0.2) is 10.2 Å². The normalized spacial score (nSPS) is 19.9. The van der Waals surface area contributed by atoms with Crippen LogP contribution < -0.4 is 10.7 Å². The van der Waals surface area contributed by atoms with Crippen molar-refractivity contribution in [3.05, 3.63) is 53.6 Å². The van der Waals surface area contributed by atoms with Crippen LogP contribution in [-0.2, 0) is 9.53 Å². The van der Waals surface area contributed by atoms with Crippen LogP contribution in [0, 0.1) is 5.92 Å². The number of rotatable bonds is 4. The number of H-pyrrole nitrogens is 1. The number of aromatic amines is 1. The zero-order valence-electron chi connectivity index (χ0n) is 14.5. The highest BCUT2D eigenvalue weighted by molar-refractivity contribution is 6.25. The minimum Gasteiger partial charge on any atom is -0.462 e. The van der Waals surface area contributed by atoms with Gasteiger partial charge in [-0.2, -0.15) is 5.10 Å². The van der Waals surface area contributed by atoms with Gasteiger partial charge in [-0.1, -0.05) is 18.2 Å². The van der Waals surface area contributed by atoms with Gasteiger partial charge in [0.15, 0.2) is 0 Å². The minimum absolute atomic E-state index is 0.251. The highest BCUT2D eigenvalue weighted by atomic mass is 16.5. The van der Waals surface area contributed by atoms with Gasteiger partial charge in [0.2, 0.25) is 0 Å². The van der Waals surface area contributed by atoms with Crippen LogP contribution in [0.15, 0.2) is 52.5 Å². The molecule has 2 aliphatic heterocycles. The van der Waals surface area contributed by atoms with E-state index < -0.39 is 11.9 Å². The van der Waals surface area contributed by atoms with E-state index in [1.54, 1.807) is 25.4 Å². The molecule has 136 valence electrons. The predicted octanol–water partition coefficient (Wildman–Crippen LogP) is 1.93. The average molecular weight is 363 g/mol. The van der Waals surface area contributed by atoms with Crippen molar-refractivity contribution >= 4 is 40.8 Å². The van der Waals surface area contributed by atoms with Crippen LogP contribution >= 0.6 is 0 Å². The second kappa shape index (κ2) is 6.91. The Morgan fingerprint density at radius 3 is 2.96 bits per heavy atom. The lowest BCUT2D eigenvalue weighted by Crippen LogP contribution is -2.32. The number of carbonyl (C=O) groups excluding carboxylic acids is 2. The first-order chi connectivity index (χ1) is 13.2. The maximum absolute atomic E-state index is 12.6. The Bertz CT molecular complexity index is 1040. The van der Waals surface area contributed by atoms with Crippen LogP contribution in [0.2, 0.25) is 0 Å². The number of ether oxygens (including phenoxy) is 1. The van der Waals surface area contributed by atoms with E-state index in [0.29, 0.717) is 22.7 Å². The number of para-hydroxylation sites is 1. The summed E-state index contributed by atoms with van der Waals surface area (Å²) in [7, 11) is 0. The molecular formula is C19H17N5O3. The largest absolute Gasteiger partial charge is 0.462 e. The Morgan fingerprint density at radius 2 is 2.19 bits per heavy atom. The summed E-state index contributed by atoms with van der Waals surface area (Å²) in [4.78, 5) is 32.1. The van der Waals surface area contributed by atoms with Gasteiger partial charge in [-0.05, 0) is 19.1 Å². The van der Waals surface area contributed by atoms with Crippen molar-refractivity contribution < 1.29 is 14.3 Å². The number of hydrogen-bond acceptors (Lipinski definition) is 6. The smallest absolute Gasteiger partial charge is 0.340 e. The first-order valence-electron chi connectivity index (χ1n) is 8.51. The van der Waals surface area contributed by atoms with E-state index in [4.69, 9.17) is 4.74 Å². The fraction of sp³-hybridized carbons (Fsp3) is 0.158. The number of allylic oxidation sites excluding steroid dienone is 1. The molecule has 1 aromatic carbocycles. The molecule has 0 spiro atoms. The second-order valence-corrected chi connectivity index (χ2v) is 5.94. The molecule has 0 saturated heterocycles. The minimum atomic E-state index is -0.593. The number of nitrogens with one attached hydrogen (secondary N) is 3. The van der Waals surface area contributed by atoms with Crippen molar-refractivity contribution in [3.63, 3.8) is 0 Å². The molecule has 1 aromatic heterocycles. The SMILES string of the molecule is CCOC(=O)c1c(C=C2NC=CN=C2C2C=NNC2=O)[nH]c2ccccc12. The van der Waals surface area contributed by atoms with Crippen molar-refractivity contribution in [1.82, 2.24) is 15.7 Å². The quantitative estimate of drug-likeness (QED) is 0.721. The standard InChI is InChI=1S/C19H17N5O3/c1-2-27-19(26)16-11-5-3-4-6-13(11)23-14(16)9-15-17(21-8-7-20-15)12-10-22-24-18(12)25/h3-10,12,20,23H,2H2,1H3,(H,24,25). The second-order valence-electron chi connectivity index (χ2n) is 5.94. The maximum atomic E-state index is 12.6. The Hall–Kier alpha value is -3.68. The van der Waals surface area contributed by atoms with Gasteiger partial charge >= 0.3 is 5.97 Å². The van der Waals surface area contributed by atoms with Gasteiger partial charge < -0.3 is 15.0 Å². The van der Waals surface area contributed by atoms with Gasteiger partial charge in [-0.15, -0.1) is 0 Å². The van der Waals surface area contributed by atoms with Crippen LogP contribution in [0.25, 0.3) is 17.0 Å². The van der Waals surface area contributed by atoms with Gasteiger partial charge in [-0.3, -0.25) is 9.79 Å². The number of hydrogen-bond donors (Lipinski definition) is 3. The molecule has 4 rings (SSSR count). The van der Waals surface area contributed by atoms with E-state index in [1.165, 1.54) is 6.21 Å². The molecule has 2 aliphatic rings. The van der Waals surface area contributed by atoms with Gasteiger partial charge in [0.05, 0.1) is 29.3 Å². The molecule has 8 nitrogen and oxygen atoms in total. The van der Waals surface area contributed by atoms with Crippen LogP contribution in [0.5, 0.6) is 0 Å². The first-order valence-corrected chi connectivity index (χ1v) is 8.51. The molecule has 27 heavy (non-hydrogen) atoms. The predicted molar refractivity (Wildman–Crippen MR) is 102 cm³/mol. The summed E-state index contributed by atoms with van der Waals surface area (Å²) < 4.78 is 5.23. The van der Waals surface area contributed by atoms with Gasteiger partial charge in [0.1, 0.15) is 5.92 Å². The van der Waals surface area contributed by atoms with Gasteiger partial charge in [0, 0.05) is 29.5 Å². The third kappa shape index (κ3) is 3.01.